The fourth-order valence-electron chi connectivity index (χ4n) is 1.72. The fraction of sp³-hybridized carbons (Fsp3) is 0.750. The van der Waals surface area contributed by atoms with Crippen LogP contribution >= 0.6 is 0 Å². The third kappa shape index (κ3) is 3.94. The molecule has 0 aliphatic rings. The van der Waals surface area contributed by atoms with Gasteiger partial charge in [-0.1, -0.05) is 13.8 Å². The third-order valence-electron chi connectivity index (χ3n) is 3.10. The van der Waals surface area contributed by atoms with Gasteiger partial charge in [0.1, 0.15) is 5.82 Å². The number of imidazole rings is 1. The van der Waals surface area contributed by atoms with Gasteiger partial charge in [-0.2, -0.15) is 0 Å². The lowest BCUT2D eigenvalue weighted by Gasteiger charge is -2.19. The first-order valence-corrected chi connectivity index (χ1v) is 6.02. The van der Waals surface area contributed by atoms with Gasteiger partial charge in [0.2, 0.25) is 0 Å². The smallest absolute Gasteiger partial charge is 0.109 e. The second-order valence-electron chi connectivity index (χ2n) is 4.65. The molecule has 0 aliphatic carbocycles. The van der Waals surface area contributed by atoms with E-state index in [0.717, 1.165) is 31.9 Å². The minimum atomic E-state index is 0.571. The summed E-state index contributed by atoms with van der Waals surface area (Å²) in [4.78, 5) is 4.29. The Hall–Kier alpha value is -0.870. The molecule has 1 unspecified atom stereocenters. The summed E-state index contributed by atoms with van der Waals surface area (Å²) >= 11 is 0. The number of nitrogens with two attached hydrogens (primary N) is 1. The van der Waals surface area contributed by atoms with Gasteiger partial charge in [-0.05, 0) is 24.9 Å². The largest absolute Gasteiger partial charge is 0.338 e. The van der Waals surface area contributed by atoms with E-state index in [1.54, 1.807) is 0 Å². The molecule has 0 aromatic carbocycles. The molecule has 1 atom stereocenters. The molecule has 3 N–H and O–H groups in total. The molecule has 1 aromatic rings. The molecular formula is C12H24N4. The minimum Gasteiger partial charge on any atom is -0.338 e. The number of aryl methyl sites for hydroxylation is 1. The zero-order chi connectivity index (χ0) is 12.0. The van der Waals surface area contributed by atoms with Crippen LogP contribution in [0.3, 0.4) is 0 Å². The highest BCUT2D eigenvalue weighted by atomic mass is 15.0. The molecule has 1 rings (SSSR count). The Kier molecular flexibility index (Phi) is 5.49. The van der Waals surface area contributed by atoms with Crippen LogP contribution in [-0.4, -0.2) is 29.2 Å². The van der Waals surface area contributed by atoms with Crippen LogP contribution in [0, 0.1) is 11.8 Å². The van der Waals surface area contributed by atoms with Crippen LogP contribution < -0.4 is 11.1 Å². The van der Waals surface area contributed by atoms with Crippen molar-refractivity contribution in [1.82, 2.24) is 14.9 Å². The Labute approximate surface area is 98.2 Å². The second-order valence-corrected chi connectivity index (χ2v) is 4.65. The molecule has 0 saturated carbocycles. The molecule has 0 saturated heterocycles. The van der Waals surface area contributed by atoms with Gasteiger partial charge >= 0.3 is 0 Å². The predicted octanol–water partition coefficient (Wildman–Crippen LogP) is 0.783. The monoisotopic (exact) mass is 224 g/mol. The summed E-state index contributed by atoms with van der Waals surface area (Å²) < 4.78 is 2.06. The molecule has 0 amide bonds. The highest BCUT2D eigenvalue weighted by Crippen LogP contribution is 2.07. The molecule has 16 heavy (non-hydrogen) atoms. The van der Waals surface area contributed by atoms with E-state index in [1.165, 1.54) is 0 Å². The van der Waals surface area contributed by atoms with Crippen LogP contribution in [0.4, 0.5) is 0 Å². The standard InChI is InChI=1S/C12H24N4/c1-10(2)11(8-13)9-14-5-4-12-15-6-7-16(12)3/h6-7,10-11,14H,4-5,8-9,13H2,1-3H3. The number of aromatic nitrogens is 2. The van der Waals surface area contributed by atoms with E-state index in [4.69, 9.17) is 5.73 Å². The molecule has 0 aliphatic heterocycles. The molecule has 0 spiro atoms. The normalized spacial score (nSPS) is 13.3. The lowest BCUT2D eigenvalue weighted by Crippen LogP contribution is -2.32. The van der Waals surface area contributed by atoms with E-state index in [-0.39, 0.29) is 0 Å². The van der Waals surface area contributed by atoms with Gasteiger partial charge in [0.05, 0.1) is 0 Å². The maximum Gasteiger partial charge on any atom is 0.109 e. The molecule has 1 heterocycles. The van der Waals surface area contributed by atoms with Crippen molar-refractivity contribution in [2.45, 2.75) is 20.3 Å². The summed E-state index contributed by atoms with van der Waals surface area (Å²) in [6, 6.07) is 0. The van der Waals surface area contributed by atoms with Gasteiger partial charge in [0, 0.05) is 32.4 Å². The van der Waals surface area contributed by atoms with Crippen molar-refractivity contribution in [3.63, 3.8) is 0 Å². The van der Waals surface area contributed by atoms with Crippen molar-refractivity contribution in [2.75, 3.05) is 19.6 Å². The molecule has 92 valence electrons. The molecule has 4 nitrogen and oxygen atoms in total. The van der Waals surface area contributed by atoms with E-state index in [0.29, 0.717) is 11.8 Å². The van der Waals surface area contributed by atoms with Crippen LogP contribution in [-0.2, 0) is 13.5 Å². The Balaban J connectivity index is 2.19. The summed E-state index contributed by atoms with van der Waals surface area (Å²) in [5.74, 6) is 2.34. The SMILES string of the molecule is CC(C)C(CN)CNCCc1nccn1C. The second kappa shape index (κ2) is 6.66. The van der Waals surface area contributed by atoms with E-state index in [2.05, 4.69) is 28.7 Å². The van der Waals surface area contributed by atoms with Crippen molar-refractivity contribution in [3.05, 3.63) is 18.2 Å². The van der Waals surface area contributed by atoms with E-state index < -0.39 is 0 Å². The van der Waals surface area contributed by atoms with Gasteiger partial charge < -0.3 is 15.6 Å². The van der Waals surface area contributed by atoms with Crippen molar-refractivity contribution in [1.29, 1.82) is 0 Å². The minimum absolute atomic E-state index is 0.571. The Bertz CT molecular complexity index is 293. The van der Waals surface area contributed by atoms with Gasteiger partial charge in [-0.15, -0.1) is 0 Å². The molecule has 1 aromatic heterocycles. The fourth-order valence-corrected chi connectivity index (χ4v) is 1.72. The van der Waals surface area contributed by atoms with Gasteiger partial charge in [0.15, 0.2) is 0 Å². The molecule has 0 bridgehead atoms. The van der Waals surface area contributed by atoms with E-state index >= 15 is 0 Å². The summed E-state index contributed by atoms with van der Waals surface area (Å²) in [6.45, 7) is 7.16. The quantitative estimate of drug-likeness (QED) is 0.673. The average Bonchev–Trinajstić information content (AvgIpc) is 2.64. The van der Waals surface area contributed by atoms with Crippen LogP contribution in [0.1, 0.15) is 19.7 Å². The highest BCUT2D eigenvalue weighted by Gasteiger charge is 2.10. The zero-order valence-electron chi connectivity index (χ0n) is 10.6. The molecule has 0 fully saturated rings. The van der Waals surface area contributed by atoms with Crippen LogP contribution in [0.2, 0.25) is 0 Å². The average molecular weight is 224 g/mol. The topological polar surface area (TPSA) is 55.9 Å². The first-order chi connectivity index (χ1) is 7.65. The van der Waals surface area contributed by atoms with Crippen molar-refractivity contribution < 1.29 is 0 Å². The number of nitrogens with zero attached hydrogens (tertiary/aromatic N) is 2. The number of hydrogen-bond donors (Lipinski definition) is 2. The predicted molar refractivity (Wildman–Crippen MR) is 67.2 cm³/mol. The Morgan fingerprint density at radius 1 is 1.50 bits per heavy atom. The van der Waals surface area contributed by atoms with E-state index in [9.17, 15) is 0 Å². The zero-order valence-corrected chi connectivity index (χ0v) is 10.6. The van der Waals surface area contributed by atoms with Gasteiger partial charge in [-0.25, -0.2) is 4.98 Å². The van der Waals surface area contributed by atoms with Gasteiger partial charge in [0.25, 0.3) is 0 Å². The first kappa shape index (κ1) is 13.2. The maximum atomic E-state index is 5.72. The maximum absolute atomic E-state index is 5.72. The van der Waals surface area contributed by atoms with Crippen molar-refractivity contribution >= 4 is 0 Å². The van der Waals surface area contributed by atoms with Crippen LogP contribution in [0.25, 0.3) is 0 Å². The summed E-state index contributed by atoms with van der Waals surface area (Å²) in [5.41, 5.74) is 5.72. The van der Waals surface area contributed by atoms with Gasteiger partial charge in [-0.3, -0.25) is 0 Å². The Morgan fingerprint density at radius 3 is 2.75 bits per heavy atom. The third-order valence-corrected chi connectivity index (χ3v) is 3.10. The summed E-state index contributed by atoms with van der Waals surface area (Å²) in [5, 5.41) is 3.45. The Morgan fingerprint density at radius 2 is 2.25 bits per heavy atom. The summed E-state index contributed by atoms with van der Waals surface area (Å²) in [7, 11) is 2.03. The van der Waals surface area contributed by atoms with Crippen LogP contribution in [0.15, 0.2) is 12.4 Å². The number of hydrogen-bond acceptors (Lipinski definition) is 3. The highest BCUT2D eigenvalue weighted by molar-refractivity contribution is 4.91. The van der Waals surface area contributed by atoms with Crippen molar-refractivity contribution in [2.24, 2.45) is 24.6 Å². The van der Waals surface area contributed by atoms with Crippen LogP contribution in [0.5, 0.6) is 0 Å². The lowest BCUT2D eigenvalue weighted by molar-refractivity contribution is 0.372. The van der Waals surface area contributed by atoms with Crippen molar-refractivity contribution in [3.8, 4) is 0 Å². The lowest BCUT2D eigenvalue weighted by atomic mass is 9.96. The molecule has 0 radical (unpaired) electrons. The summed E-state index contributed by atoms with van der Waals surface area (Å²) in [6.07, 6.45) is 4.79. The van der Waals surface area contributed by atoms with E-state index in [1.807, 2.05) is 19.4 Å². The molecule has 4 heteroatoms. The molecular weight excluding hydrogens is 200 g/mol. The first-order valence-electron chi connectivity index (χ1n) is 6.02. The number of rotatable bonds is 7. The number of nitrogens with one attached hydrogen (secondary N) is 1.